The Balaban J connectivity index is 2.03. The third-order valence-corrected chi connectivity index (χ3v) is 4.98. The van der Waals surface area contributed by atoms with Crippen LogP contribution in [0.25, 0.3) is 0 Å². The number of rotatable bonds is 4. The van der Waals surface area contributed by atoms with E-state index in [1.807, 2.05) is 6.07 Å². The highest BCUT2D eigenvalue weighted by atomic mass is 32.1. The maximum Gasteiger partial charge on any atom is 0.263 e. The van der Waals surface area contributed by atoms with E-state index < -0.39 is 0 Å². The van der Waals surface area contributed by atoms with Crippen molar-refractivity contribution < 1.29 is 9.59 Å². The minimum atomic E-state index is 0.0492. The fraction of sp³-hybridized carbons (Fsp3) is 0.625. The van der Waals surface area contributed by atoms with E-state index in [-0.39, 0.29) is 17.7 Å². The molecular weight excluding hydrogens is 284 g/mol. The van der Waals surface area contributed by atoms with Crippen LogP contribution in [-0.2, 0) is 17.6 Å². The van der Waals surface area contributed by atoms with Crippen molar-refractivity contribution in [3.05, 3.63) is 21.4 Å². The number of thiophene rings is 1. The molecule has 0 radical (unpaired) electrons. The third-order valence-electron chi connectivity index (χ3n) is 3.76. The van der Waals surface area contributed by atoms with Crippen molar-refractivity contribution in [1.29, 1.82) is 0 Å². The smallest absolute Gasteiger partial charge is 0.263 e. The zero-order valence-corrected chi connectivity index (χ0v) is 14.0. The van der Waals surface area contributed by atoms with Crippen LogP contribution in [0.1, 0.15) is 40.4 Å². The molecule has 0 spiro atoms. The van der Waals surface area contributed by atoms with Crippen molar-refractivity contribution in [1.82, 2.24) is 10.2 Å². The van der Waals surface area contributed by atoms with Crippen LogP contribution < -0.4 is 5.32 Å². The molecule has 1 aliphatic rings. The molecule has 1 aromatic heterocycles. The van der Waals surface area contributed by atoms with Crippen LogP contribution in [0, 0.1) is 11.8 Å². The van der Waals surface area contributed by atoms with Gasteiger partial charge in [0.2, 0.25) is 5.91 Å². The zero-order chi connectivity index (χ0) is 15.6. The summed E-state index contributed by atoms with van der Waals surface area (Å²) in [7, 11) is 3.53. The van der Waals surface area contributed by atoms with Crippen LogP contribution >= 0.6 is 11.3 Å². The SMILES string of the molecule is CC(C)CNC(=O)[C@@H]1CCc2sc(C(=O)N(C)C)cc2C1. The van der Waals surface area contributed by atoms with Gasteiger partial charge in [0.25, 0.3) is 5.91 Å². The second-order valence-corrected chi connectivity index (χ2v) is 7.47. The van der Waals surface area contributed by atoms with Crippen LogP contribution in [-0.4, -0.2) is 37.4 Å². The number of nitrogens with zero attached hydrogens (tertiary/aromatic N) is 1. The van der Waals surface area contributed by atoms with Gasteiger partial charge in [-0.3, -0.25) is 9.59 Å². The normalized spacial score (nSPS) is 17.5. The molecule has 1 atom stereocenters. The Morgan fingerprint density at radius 2 is 2.14 bits per heavy atom. The standard InChI is InChI=1S/C16H24N2O2S/c1-10(2)9-17-15(19)11-5-6-13-12(7-11)8-14(21-13)16(20)18(3)4/h8,10-11H,5-7,9H2,1-4H3,(H,17,19)/t11-/m1/s1. The summed E-state index contributed by atoms with van der Waals surface area (Å²) in [6.45, 7) is 4.92. The first-order valence-electron chi connectivity index (χ1n) is 7.49. The molecule has 0 unspecified atom stereocenters. The number of amides is 2. The largest absolute Gasteiger partial charge is 0.356 e. The average molecular weight is 308 g/mol. The van der Waals surface area contributed by atoms with Crippen molar-refractivity contribution in [2.45, 2.75) is 33.1 Å². The van der Waals surface area contributed by atoms with E-state index in [0.29, 0.717) is 5.92 Å². The van der Waals surface area contributed by atoms with E-state index >= 15 is 0 Å². The average Bonchev–Trinajstić information content (AvgIpc) is 2.86. The van der Waals surface area contributed by atoms with Gasteiger partial charge >= 0.3 is 0 Å². The first-order chi connectivity index (χ1) is 9.88. The van der Waals surface area contributed by atoms with E-state index in [4.69, 9.17) is 0 Å². The van der Waals surface area contributed by atoms with Gasteiger partial charge in [-0.2, -0.15) is 0 Å². The van der Waals surface area contributed by atoms with E-state index in [0.717, 1.165) is 30.7 Å². The van der Waals surface area contributed by atoms with Crippen molar-refractivity contribution >= 4 is 23.2 Å². The molecule has 0 fully saturated rings. The predicted molar refractivity (Wildman–Crippen MR) is 85.7 cm³/mol. The van der Waals surface area contributed by atoms with Crippen LogP contribution in [0.15, 0.2) is 6.07 Å². The van der Waals surface area contributed by atoms with E-state index in [1.54, 1.807) is 30.3 Å². The summed E-state index contributed by atoms with van der Waals surface area (Å²) in [5.74, 6) is 0.725. The van der Waals surface area contributed by atoms with Crippen molar-refractivity contribution in [3.63, 3.8) is 0 Å². The summed E-state index contributed by atoms with van der Waals surface area (Å²) in [5, 5.41) is 3.02. The molecule has 2 rings (SSSR count). The lowest BCUT2D eigenvalue weighted by Gasteiger charge is -2.21. The van der Waals surface area contributed by atoms with E-state index in [9.17, 15) is 9.59 Å². The van der Waals surface area contributed by atoms with Gasteiger partial charge in [-0.15, -0.1) is 11.3 Å². The highest BCUT2D eigenvalue weighted by Gasteiger charge is 2.27. The second kappa shape index (κ2) is 6.60. The minimum Gasteiger partial charge on any atom is -0.356 e. The summed E-state index contributed by atoms with van der Waals surface area (Å²) < 4.78 is 0. The molecule has 1 aromatic rings. The highest BCUT2D eigenvalue weighted by molar-refractivity contribution is 7.14. The van der Waals surface area contributed by atoms with Gasteiger partial charge in [0.1, 0.15) is 0 Å². The van der Waals surface area contributed by atoms with Gasteiger partial charge in [0, 0.05) is 31.4 Å². The molecule has 0 aliphatic heterocycles. The topological polar surface area (TPSA) is 49.4 Å². The molecule has 116 valence electrons. The molecule has 2 amide bonds. The van der Waals surface area contributed by atoms with Crippen LogP contribution in [0.2, 0.25) is 0 Å². The molecule has 0 saturated heterocycles. The molecule has 21 heavy (non-hydrogen) atoms. The lowest BCUT2D eigenvalue weighted by molar-refractivity contribution is -0.125. The Labute approximate surface area is 130 Å². The Morgan fingerprint density at radius 3 is 2.76 bits per heavy atom. The molecule has 1 heterocycles. The Morgan fingerprint density at radius 1 is 1.43 bits per heavy atom. The summed E-state index contributed by atoms with van der Waals surface area (Å²) in [4.78, 5) is 27.8. The number of hydrogen-bond donors (Lipinski definition) is 1. The number of hydrogen-bond acceptors (Lipinski definition) is 3. The van der Waals surface area contributed by atoms with E-state index in [1.165, 1.54) is 10.4 Å². The van der Waals surface area contributed by atoms with Crippen molar-refractivity contribution in [3.8, 4) is 0 Å². The highest BCUT2D eigenvalue weighted by Crippen LogP contribution is 2.32. The van der Waals surface area contributed by atoms with Crippen molar-refractivity contribution in [2.75, 3.05) is 20.6 Å². The first kappa shape index (κ1) is 16.0. The molecule has 0 bridgehead atoms. The maximum atomic E-state index is 12.2. The summed E-state index contributed by atoms with van der Waals surface area (Å²) in [6, 6.07) is 1.98. The monoisotopic (exact) mass is 308 g/mol. The van der Waals surface area contributed by atoms with Gasteiger partial charge in [-0.1, -0.05) is 13.8 Å². The molecule has 1 N–H and O–H groups in total. The van der Waals surface area contributed by atoms with E-state index in [2.05, 4.69) is 19.2 Å². The Kier molecular flexibility index (Phi) is 5.04. The molecular formula is C16H24N2O2S. The number of nitrogens with one attached hydrogen (secondary N) is 1. The minimum absolute atomic E-state index is 0.0492. The van der Waals surface area contributed by atoms with Gasteiger partial charge in [0.05, 0.1) is 4.88 Å². The lowest BCUT2D eigenvalue weighted by atomic mass is 9.87. The fourth-order valence-corrected chi connectivity index (χ4v) is 3.75. The fourth-order valence-electron chi connectivity index (χ4n) is 2.52. The van der Waals surface area contributed by atoms with Crippen LogP contribution in [0.5, 0.6) is 0 Å². The number of carbonyl (C=O) groups is 2. The van der Waals surface area contributed by atoms with Gasteiger partial charge < -0.3 is 10.2 Å². The van der Waals surface area contributed by atoms with Gasteiger partial charge in [0.15, 0.2) is 0 Å². The quantitative estimate of drug-likeness (QED) is 0.928. The molecule has 0 aromatic carbocycles. The van der Waals surface area contributed by atoms with Crippen LogP contribution in [0.3, 0.4) is 0 Å². The number of aryl methyl sites for hydroxylation is 1. The molecule has 0 saturated carbocycles. The summed E-state index contributed by atoms with van der Waals surface area (Å²) in [5.41, 5.74) is 1.18. The first-order valence-corrected chi connectivity index (χ1v) is 8.31. The van der Waals surface area contributed by atoms with Crippen LogP contribution in [0.4, 0.5) is 0 Å². The maximum absolute atomic E-state index is 12.2. The summed E-state index contributed by atoms with van der Waals surface area (Å²) >= 11 is 1.58. The number of fused-ring (bicyclic) bond motifs is 1. The lowest BCUT2D eigenvalue weighted by Crippen LogP contribution is -2.35. The zero-order valence-electron chi connectivity index (χ0n) is 13.2. The third kappa shape index (κ3) is 3.84. The van der Waals surface area contributed by atoms with Gasteiger partial charge in [-0.05, 0) is 36.8 Å². The molecule has 4 nitrogen and oxygen atoms in total. The van der Waals surface area contributed by atoms with Crippen molar-refractivity contribution in [2.24, 2.45) is 11.8 Å². The summed E-state index contributed by atoms with van der Waals surface area (Å²) in [6.07, 6.45) is 2.55. The molecule has 5 heteroatoms. The Bertz CT molecular complexity index is 534. The predicted octanol–water partition coefficient (Wildman–Crippen LogP) is 2.33. The number of carbonyl (C=O) groups excluding carboxylic acids is 2. The Hall–Kier alpha value is -1.36. The second-order valence-electron chi connectivity index (χ2n) is 6.34. The molecule has 1 aliphatic carbocycles. The van der Waals surface area contributed by atoms with Gasteiger partial charge in [-0.25, -0.2) is 0 Å².